The number of fused-ring (bicyclic) bond motifs is 1. The van der Waals surface area contributed by atoms with Crippen molar-refractivity contribution < 1.29 is 17.9 Å². The summed E-state index contributed by atoms with van der Waals surface area (Å²) in [6, 6.07) is 20.8. The second-order valence-corrected chi connectivity index (χ2v) is 9.28. The zero-order valence-electron chi connectivity index (χ0n) is 16.6. The molecule has 0 aliphatic carbocycles. The third kappa shape index (κ3) is 5.00. The average Bonchev–Trinajstić information content (AvgIpc) is 2.78. The summed E-state index contributed by atoms with van der Waals surface area (Å²) >= 11 is 6.23. The van der Waals surface area contributed by atoms with Gasteiger partial charge in [0.1, 0.15) is 5.75 Å². The van der Waals surface area contributed by atoms with Crippen molar-refractivity contribution in [2.75, 3.05) is 17.9 Å². The van der Waals surface area contributed by atoms with Crippen molar-refractivity contribution in [3.8, 4) is 5.75 Å². The Labute approximate surface area is 186 Å². The van der Waals surface area contributed by atoms with Gasteiger partial charge in [-0.05, 0) is 47.9 Å². The van der Waals surface area contributed by atoms with E-state index in [1.165, 1.54) is 23.8 Å². The number of carbonyl (C=O) groups is 1. The Hall–Kier alpha value is -3.03. The van der Waals surface area contributed by atoms with Crippen LogP contribution in [-0.4, -0.2) is 32.4 Å². The van der Waals surface area contributed by atoms with Gasteiger partial charge in [0.15, 0.2) is 6.61 Å². The van der Waals surface area contributed by atoms with Crippen LogP contribution in [0.1, 0.15) is 11.1 Å². The molecule has 3 aromatic rings. The molecule has 8 heteroatoms. The number of hydrogen-bond acceptors (Lipinski definition) is 4. The lowest BCUT2D eigenvalue weighted by molar-refractivity contribution is -0.134. The number of hydrogen-bond donors (Lipinski definition) is 1. The molecule has 1 aliphatic heterocycles. The van der Waals surface area contributed by atoms with Gasteiger partial charge < -0.3 is 9.64 Å². The molecule has 31 heavy (non-hydrogen) atoms. The van der Waals surface area contributed by atoms with E-state index in [9.17, 15) is 13.2 Å². The Kier molecular flexibility index (Phi) is 6.15. The number of nitrogens with one attached hydrogen (secondary N) is 1. The SMILES string of the molecule is O=C(COc1ccc(S(=O)(=O)Nc2ccccc2)cc1Cl)N1CCc2ccccc2C1. The fourth-order valence-electron chi connectivity index (χ4n) is 3.43. The van der Waals surface area contributed by atoms with Crippen LogP contribution in [0.15, 0.2) is 77.7 Å². The number of anilines is 1. The lowest BCUT2D eigenvalue weighted by Crippen LogP contribution is -2.38. The predicted molar refractivity (Wildman–Crippen MR) is 120 cm³/mol. The third-order valence-corrected chi connectivity index (χ3v) is 6.75. The molecule has 1 amide bonds. The zero-order chi connectivity index (χ0) is 21.8. The molecule has 0 bridgehead atoms. The van der Waals surface area contributed by atoms with Gasteiger partial charge in [0.25, 0.3) is 15.9 Å². The number of para-hydroxylation sites is 1. The maximum absolute atomic E-state index is 12.6. The molecule has 0 atom stereocenters. The lowest BCUT2D eigenvalue weighted by atomic mass is 10.00. The smallest absolute Gasteiger partial charge is 0.261 e. The van der Waals surface area contributed by atoms with Crippen LogP contribution < -0.4 is 9.46 Å². The molecular formula is C23H21ClN2O4S. The van der Waals surface area contributed by atoms with Crippen LogP contribution in [0.5, 0.6) is 5.75 Å². The summed E-state index contributed by atoms with van der Waals surface area (Å²) < 4.78 is 33.2. The number of halogens is 1. The van der Waals surface area contributed by atoms with Crippen LogP contribution in [0.2, 0.25) is 5.02 Å². The Bertz CT molecular complexity index is 1200. The van der Waals surface area contributed by atoms with Crippen molar-refractivity contribution in [3.05, 3.63) is 88.9 Å². The van der Waals surface area contributed by atoms with Gasteiger partial charge in [-0.25, -0.2) is 8.42 Å². The highest BCUT2D eigenvalue weighted by molar-refractivity contribution is 7.92. The first-order valence-electron chi connectivity index (χ1n) is 9.77. The van der Waals surface area contributed by atoms with Crippen molar-refractivity contribution in [2.45, 2.75) is 17.9 Å². The Morgan fingerprint density at radius 3 is 2.45 bits per heavy atom. The number of ether oxygens (including phenoxy) is 1. The number of carbonyl (C=O) groups excluding carboxylic acids is 1. The van der Waals surface area contributed by atoms with E-state index in [2.05, 4.69) is 10.8 Å². The molecule has 0 unspecified atom stereocenters. The largest absolute Gasteiger partial charge is 0.482 e. The van der Waals surface area contributed by atoms with E-state index >= 15 is 0 Å². The summed E-state index contributed by atoms with van der Waals surface area (Å²) in [5.74, 6) is 0.110. The van der Waals surface area contributed by atoms with Gasteiger partial charge in [-0.15, -0.1) is 0 Å². The molecule has 160 valence electrons. The van der Waals surface area contributed by atoms with Crippen molar-refractivity contribution in [1.82, 2.24) is 4.90 Å². The first-order valence-corrected chi connectivity index (χ1v) is 11.6. The minimum atomic E-state index is -3.79. The van der Waals surface area contributed by atoms with Gasteiger partial charge in [-0.2, -0.15) is 0 Å². The first-order chi connectivity index (χ1) is 14.9. The van der Waals surface area contributed by atoms with Gasteiger partial charge in [-0.1, -0.05) is 54.1 Å². The fraction of sp³-hybridized carbons (Fsp3) is 0.174. The van der Waals surface area contributed by atoms with Gasteiger partial charge in [0.05, 0.1) is 9.92 Å². The Morgan fingerprint density at radius 1 is 1.00 bits per heavy atom. The minimum absolute atomic E-state index is 0.00710. The number of amides is 1. The van der Waals surface area contributed by atoms with Crippen molar-refractivity contribution >= 4 is 33.2 Å². The number of rotatable bonds is 6. The summed E-state index contributed by atoms with van der Waals surface area (Å²) in [5, 5.41) is 0.118. The van der Waals surface area contributed by atoms with E-state index in [4.69, 9.17) is 16.3 Å². The highest BCUT2D eigenvalue weighted by Crippen LogP contribution is 2.28. The molecule has 1 heterocycles. The summed E-state index contributed by atoms with van der Waals surface area (Å²) in [6.07, 6.45) is 0.809. The van der Waals surface area contributed by atoms with Crippen LogP contribution in [0.25, 0.3) is 0 Å². The average molecular weight is 457 g/mol. The van der Waals surface area contributed by atoms with E-state index < -0.39 is 10.0 Å². The Balaban J connectivity index is 1.39. The summed E-state index contributed by atoms with van der Waals surface area (Å²) in [5.41, 5.74) is 2.85. The van der Waals surface area contributed by atoms with E-state index in [1.807, 2.05) is 18.2 Å². The molecule has 0 aromatic heterocycles. The molecule has 0 fully saturated rings. The number of nitrogens with zero attached hydrogens (tertiary/aromatic N) is 1. The van der Waals surface area contributed by atoms with E-state index in [1.54, 1.807) is 35.2 Å². The summed E-state index contributed by atoms with van der Waals surface area (Å²) in [6.45, 7) is 1.01. The topological polar surface area (TPSA) is 75.7 Å². The van der Waals surface area contributed by atoms with Crippen molar-refractivity contribution in [1.29, 1.82) is 0 Å². The van der Waals surface area contributed by atoms with Crippen molar-refractivity contribution in [2.24, 2.45) is 0 Å². The van der Waals surface area contributed by atoms with Crippen molar-refractivity contribution in [3.63, 3.8) is 0 Å². The predicted octanol–water partition coefficient (Wildman–Crippen LogP) is 4.10. The maximum atomic E-state index is 12.6. The molecule has 1 aliphatic rings. The summed E-state index contributed by atoms with van der Waals surface area (Å²) in [4.78, 5) is 14.3. The standard InChI is InChI=1S/C23H21ClN2O4S/c24-21-14-20(31(28,29)25-19-8-2-1-3-9-19)10-11-22(21)30-16-23(27)26-13-12-17-6-4-5-7-18(17)15-26/h1-11,14,25H,12-13,15-16H2. The lowest BCUT2D eigenvalue weighted by Gasteiger charge is -2.28. The second kappa shape index (κ2) is 8.99. The van der Waals surface area contributed by atoms with Crippen LogP contribution in [0, 0.1) is 0 Å². The summed E-state index contributed by atoms with van der Waals surface area (Å²) in [7, 11) is -3.79. The van der Waals surface area contributed by atoms with Gasteiger partial charge in [-0.3, -0.25) is 9.52 Å². The second-order valence-electron chi connectivity index (χ2n) is 7.19. The molecule has 0 saturated heterocycles. The van der Waals surface area contributed by atoms with Gasteiger partial charge >= 0.3 is 0 Å². The third-order valence-electron chi connectivity index (χ3n) is 5.07. The minimum Gasteiger partial charge on any atom is -0.482 e. The first kappa shape index (κ1) is 21.2. The molecule has 3 aromatic carbocycles. The molecule has 6 nitrogen and oxygen atoms in total. The van der Waals surface area contributed by atoms with Crippen LogP contribution in [0.3, 0.4) is 0 Å². The molecule has 4 rings (SSSR count). The molecule has 0 saturated carbocycles. The highest BCUT2D eigenvalue weighted by atomic mass is 35.5. The molecular weight excluding hydrogens is 436 g/mol. The van der Waals surface area contributed by atoms with E-state index in [0.29, 0.717) is 18.8 Å². The van der Waals surface area contributed by atoms with Gasteiger partial charge in [0, 0.05) is 18.8 Å². The van der Waals surface area contributed by atoms with Crippen LogP contribution >= 0.6 is 11.6 Å². The number of sulfonamides is 1. The Morgan fingerprint density at radius 2 is 1.71 bits per heavy atom. The van der Waals surface area contributed by atoms with Gasteiger partial charge in [0.2, 0.25) is 0 Å². The zero-order valence-corrected chi connectivity index (χ0v) is 18.2. The van der Waals surface area contributed by atoms with E-state index in [-0.39, 0.29) is 28.2 Å². The fourth-order valence-corrected chi connectivity index (χ4v) is 4.81. The van der Waals surface area contributed by atoms with Crippen LogP contribution in [0.4, 0.5) is 5.69 Å². The molecule has 1 N–H and O–H groups in total. The molecule has 0 spiro atoms. The normalized spacial score (nSPS) is 13.4. The quantitative estimate of drug-likeness (QED) is 0.605. The maximum Gasteiger partial charge on any atom is 0.261 e. The highest BCUT2D eigenvalue weighted by Gasteiger charge is 2.21. The molecule has 0 radical (unpaired) electrons. The van der Waals surface area contributed by atoms with E-state index in [0.717, 1.165) is 12.0 Å². The number of benzene rings is 3. The van der Waals surface area contributed by atoms with Crippen LogP contribution in [-0.2, 0) is 27.8 Å². The monoisotopic (exact) mass is 456 g/mol.